The number of hydrogen-bond acceptors (Lipinski definition) is 3. The van der Waals surface area contributed by atoms with Crippen molar-refractivity contribution in [2.45, 2.75) is 0 Å². The number of rotatable bonds is 4. The van der Waals surface area contributed by atoms with Crippen molar-refractivity contribution in [3.63, 3.8) is 0 Å². The van der Waals surface area contributed by atoms with Crippen molar-refractivity contribution in [3.05, 3.63) is 32.8 Å². The highest BCUT2D eigenvalue weighted by Crippen LogP contribution is 2.33. The number of nitrogens with zero attached hydrogens (tertiary/aromatic N) is 1. The number of halogens is 2. The molecule has 0 unspecified atom stereocenters. The highest BCUT2D eigenvalue weighted by molar-refractivity contribution is 9.10. The summed E-state index contributed by atoms with van der Waals surface area (Å²) in [6.07, 6.45) is 0. The summed E-state index contributed by atoms with van der Waals surface area (Å²) in [5.74, 6) is 0.485. The number of nitro benzene ring substituents is 1. The zero-order valence-corrected chi connectivity index (χ0v) is 10.2. The Morgan fingerprint density at radius 2 is 2.21 bits per heavy atom. The summed E-state index contributed by atoms with van der Waals surface area (Å²) in [7, 11) is 0. The van der Waals surface area contributed by atoms with Gasteiger partial charge in [-0.05, 0) is 22.0 Å². The summed E-state index contributed by atoms with van der Waals surface area (Å²) < 4.78 is 5.66. The molecule has 6 heteroatoms. The van der Waals surface area contributed by atoms with E-state index in [0.717, 1.165) is 0 Å². The summed E-state index contributed by atoms with van der Waals surface area (Å²) in [5, 5.41) is 11.2. The van der Waals surface area contributed by atoms with Crippen LogP contribution in [0.4, 0.5) is 5.69 Å². The topological polar surface area (TPSA) is 52.4 Å². The van der Waals surface area contributed by atoms with Crippen molar-refractivity contribution in [3.8, 4) is 5.75 Å². The van der Waals surface area contributed by atoms with E-state index in [0.29, 0.717) is 22.2 Å². The molecule has 1 rings (SSSR count). The van der Waals surface area contributed by atoms with E-state index >= 15 is 0 Å². The number of benzene rings is 1. The standard InChI is InChI=1S/C8H7Br2NO3/c9-4-5-14-7-3-1-2-6(8(7)10)11(12)13/h1-3H,4-5H2. The number of ether oxygens (including phenoxy) is 1. The van der Waals surface area contributed by atoms with Crippen molar-refractivity contribution < 1.29 is 9.66 Å². The molecule has 0 fully saturated rings. The fourth-order valence-electron chi connectivity index (χ4n) is 0.900. The fourth-order valence-corrected chi connectivity index (χ4v) is 1.59. The molecule has 0 atom stereocenters. The van der Waals surface area contributed by atoms with E-state index in [1.54, 1.807) is 12.1 Å². The largest absolute Gasteiger partial charge is 0.491 e. The Morgan fingerprint density at radius 3 is 2.79 bits per heavy atom. The molecule has 0 saturated carbocycles. The van der Waals surface area contributed by atoms with E-state index in [1.165, 1.54) is 6.07 Å². The van der Waals surface area contributed by atoms with Crippen LogP contribution in [0.1, 0.15) is 0 Å². The van der Waals surface area contributed by atoms with Crippen molar-refractivity contribution in [2.24, 2.45) is 0 Å². The second-order valence-corrected chi connectivity index (χ2v) is 3.97. The van der Waals surface area contributed by atoms with Crippen LogP contribution in [0, 0.1) is 10.1 Å². The molecule has 76 valence electrons. The van der Waals surface area contributed by atoms with E-state index < -0.39 is 4.92 Å². The summed E-state index contributed by atoms with van der Waals surface area (Å²) >= 11 is 6.33. The zero-order chi connectivity index (χ0) is 10.6. The van der Waals surface area contributed by atoms with Gasteiger partial charge in [0.2, 0.25) is 0 Å². The third-order valence-electron chi connectivity index (χ3n) is 1.47. The Kier molecular flexibility index (Phi) is 4.34. The van der Waals surface area contributed by atoms with Crippen LogP contribution in [-0.2, 0) is 0 Å². The van der Waals surface area contributed by atoms with Crippen molar-refractivity contribution >= 4 is 37.5 Å². The van der Waals surface area contributed by atoms with E-state index in [4.69, 9.17) is 4.74 Å². The first-order chi connectivity index (χ1) is 6.66. The second kappa shape index (κ2) is 5.31. The average molecular weight is 325 g/mol. The normalized spacial score (nSPS) is 9.86. The quantitative estimate of drug-likeness (QED) is 0.485. The van der Waals surface area contributed by atoms with Gasteiger partial charge in [-0.15, -0.1) is 0 Å². The van der Waals surface area contributed by atoms with Gasteiger partial charge in [0.1, 0.15) is 10.2 Å². The Hall–Kier alpha value is -0.620. The van der Waals surface area contributed by atoms with Gasteiger partial charge >= 0.3 is 0 Å². The first-order valence-electron chi connectivity index (χ1n) is 3.78. The van der Waals surface area contributed by atoms with Crippen LogP contribution in [0.5, 0.6) is 5.75 Å². The third kappa shape index (κ3) is 2.68. The van der Waals surface area contributed by atoms with Gasteiger partial charge in [0.15, 0.2) is 0 Å². The lowest BCUT2D eigenvalue weighted by atomic mass is 10.3. The van der Waals surface area contributed by atoms with Crippen molar-refractivity contribution in [1.82, 2.24) is 0 Å². The monoisotopic (exact) mass is 323 g/mol. The Balaban J connectivity index is 2.95. The second-order valence-electron chi connectivity index (χ2n) is 2.38. The van der Waals surface area contributed by atoms with Gasteiger partial charge in [-0.1, -0.05) is 22.0 Å². The molecule has 0 heterocycles. The highest BCUT2D eigenvalue weighted by atomic mass is 79.9. The molecule has 0 spiro atoms. The molecule has 0 aliphatic rings. The minimum absolute atomic E-state index is 0.0112. The van der Waals surface area contributed by atoms with Gasteiger partial charge in [0.25, 0.3) is 5.69 Å². The molecule has 0 radical (unpaired) electrons. The molecule has 14 heavy (non-hydrogen) atoms. The van der Waals surface area contributed by atoms with Gasteiger partial charge in [-0.25, -0.2) is 0 Å². The van der Waals surface area contributed by atoms with E-state index in [-0.39, 0.29) is 5.69 Å². The molecular formula is C8H7Br2NO3. The molecule has 0 aliphatic heterocycles. The smallest absolute Gasteiger partial charge is 0.287 e. The van der Waals surface area contributed by atoms with Crippen LogP contribution in [0.15, 0.2) is 22.7 Å². The molecule has 0 N–H and O–H groups in total. The summed E-state index contributed by atoms with van der Waals surface area (Å²) in [5.41, 5.74) is 0.0112. The highest BCUT2D eigenvalue weighted by Gasteiger charge is 2.15. The maximum Gasteiger partial charge on any atom is 0.287 e. The van der Waals surface area contributed by atoms with Gasteiger partial charge < -0.3 is 4.74 Å². The van der Waals surface area contributed by atoms with Gasteiger partial charge in [0, 0.05) is 11.4 Å². The predicted molar refractivity (Wildman–Crippen MR) is 60.1 cm³/mol. The van der Waals surface area contributed by atoms with Crippen LogP contribution in [0.25, 0.3) is 0 Å². The van der Waals surface area contributed by atoms with Crippen LogP contribution in [0.2, 0.25) is 0 Å². The molecule has 1 aromatic carbocycles. The molecule has 1 aromatic rings. The Bertz CT molecular complexity index is 343. The van der Waals surface area contributed by atoms with Crippen LogP contribution in [0.3, 0.4) is 0 Å². The van der Waals surface area contributed by atoms with Gasteiger partial charge in [-0.3, -0.25) is 10.1 Å². The molecule has 0 aliphatic carbocycles. The summed E-state index contributed by atoms with van der Waals surface area (Å²) in [6, 6.07) is 4.69. The minimum Gasteiger partial charge on any atom is -0.491 e. The van der Waals surface area contributed by atoms with Crippen LogP contribution < -0.4 is 4.74 Å². The van der Waals surface area contributed by atoms with Crippen molar-refractivity contribution in [2.75, 3.05) is 11.9 Å². The molecule has 0 bridgehead atoms. The average Bonchev–Trinajstić information content (AvgIpc) is 2.16. The minimum atomic E-state index is -0.453. The first kappa shape index (κ1) is 11.5. The SMILES string of the molecule is O=[N+]([O-])c1cccc(OCCBr)c1Br. The molecule has 0 amide bonds. The maximum atomic E-state index is 10.6. The lowest BCUT2D eigenvalue weighted by Gasteiger charge is -2.05. The number of hydrogen-bond donors (Lipinski definition) is 0. The summed E-state index contributed by atoms with van der Waals surface area (Å²) in [4.78, 5) is 10.1. The van der Waals surface area contributed by atoms with Crippen LogP contribution >= 0.6 is 31.9 Å². The van der Waals surface area contributed by atoms with Crippen LogP contribution in [-0.4, -0.2) is 16.9 Å². The fraction of sp³-hybridized carbons (Fsp3) is 0.250. The predicted octanol–water partition coefficient (Wildman–Crippen LogP) is 3.13. The number of alkyl halides is 1. The van der Waals surface area contributed by atoms with E-state index in [1.807, 2.05) is 0 Å². The number of nitro groups is 1. The lowest BCUT2D eigenvalue weighted by molar-refractivity contribution is -0.385. The Morgan fingerprint density at radius 1 is 1.50 bits per heavy atom. The first-order valence-corrected chi connectivity index (χ1v) is 5.70. The Labute approximate surface area is 97.7 Å². The maximum absolute atomic E-state index is 10.6. The molecule has 4 nitrogen and oxygen atoms in total. The van der Waals surface area contributed by atoms with Gasteiger partial charge in [0.05, 0.1) is 11.5 Å². The lowest BCUT2D eigenvalue weighted by Crippen LogP contribution is -1.99. The zero-order valence-electron chi connectivity index (χ0n) is 7.07. The third-order valence-corrected chi connectivity index (χ3v) is 2.60. The van der Waals surface area contributed by atoms with E-state index in [9.17, 15) is 10.1 Å². The molecule has 0 aromatic heterocycles. The summed E-state index contributed by atoms with van der Waals surface area (Å²) in [6.45, 7) is 0.472. The molecule has 0 saturated heterocycles. The van der Waals surface area contributed by atoms with E-state index in [2.05, 4.69) is 31.9 Å². The van der Waals surface area contributed by atoms with Crippen molar-refractivity contribution in [1.29, 1.82) is 0 Å². The van der Waals surface area contributed by atoms with Gasteiger partial charge in [-0.2, -0.15) is 0 Å². The molecular weight excluding hydrogens is 318 g/mol.